The molecule has 0 bridgehead atoms. The van der Waals surface area contributed by atoms with Crippen LogP contribution in [-0.4, -0.2) is 21.0 Å². The highest BCUT2D eigenvalue weighted by molar-refractivity contribution is 5.75. The molecule has 0 saturated carbocycles. The van der Waals surface area contributed by atoms with Gasteiger partial charge in [0.1, 0.15) is 11.5 Å². The maximum atomic E-state index is 5.92. The summed E-state index contributed by atoms with van der Waals surface area (Å²) in [5.74, 6) is 0.482. The highest BCUT2D eigenvalue weighted by Gasteiger charge is 2.09. The average molecular weight is 245 g/mol. The molecule has 0 unspecified atom stereocenters. The first-order valence-electron chi connectivity index (χ1n) is 5.44. The SMILES string of the molecule is NC(N)=NCc1nnn(Cc2ccccc2)c1N. The number of nitrogens with zero attached hydrogens (tertiary/aromatic N) is 4. The predicted octanol–water partition coefficient (Wildman–Crippen LogP) is -0.318. The van der Waals surface area contributed by atoms with Gasteiger partial charge in [-0.3, -0.25) is 0 Å². The minimum atomic E-state index is 0.00649. The summed E-state index contributed by atoms with van der Waals surface area (Å²) in [4.78, 5) is 3.85. The lowest BCUT2D eigenvalue weighted by molar-refractivity contribution is 0.657. The van der Waals surface area contributed by atoms with Crippen molar-refractivity contribution in [3.05, 3.63) is 41.6 Å². The summed E-state index contributed by atoms with van der Waals surface area (Å²) in [6.45, 7) is 0.810. The van der Waals surface area contributed by atoms with E-state index < -0.39 is 0 Å². The first kappa shape index (κ1) is 11.9. The van der Waals surface area contributed by atoms with Crippen molar-refractivity contribution >= 4 is 11.8 Å². The van der Waals surface area contributed by atoms with Gasteiger partial charge in [-0.25, -0.2) is 9.67 Å². The number of hydrogen-bond donors (Lipinski definition) is 3. The van der Waals surface area contributed by atoms with Crippen LogP contribution in [0.25, 0.3) is 0 Å². The zero-order valence-electron chi connectivity index (χ0n) is 9.82. The van der Waals surface area contributed by atoms with Crippen molar-refractivity contribution in [1.82, 2.24) is 15.0 Å². The van der Waals surface area contributed by atoms with E-state index in [1.165, 1.54) is 0 Å². The van der Waals surface area contributed by atoms with Gasteiger partial charge in [-0.2, -0.15) is 0 Å². The fourth-order valence-electron chi connectivity index (χ4n) is 1.51. The van der Waals surface area contributed by atoms with Gasteiger partial charge in [0, 0.05) is 0 Å². The molecule has 2 aromatic rings. The van der Waals surface area contributed by atoms with Gasteiger partial charge >= 0.3 is 0 Å². The number of hydrogen-bond acceptors (Lipinski definition) is 4. The molecule has 1 aromatic heterocycles. The van der Waals surface area contributed by atoms with Crippen molar-refractivity contribution in [2.75, 3.05) is 5.73 Å². The lowest BCUT2D eigenvalue weighted by atomic mass is 10.2. The summed E-state index contributed by atoms with van der Waals surface area (Å²) in [6.07, 6.45) is 0. The second kappa shape index (κ2) is 5.17. The van der Waals surface area contributed by atoms with E-state index in [0.29, 0.717) is 18.1 Å². The van der Waals surface area contributed by atoms with E-state index in [1.54, 1.807) is 4.68 Å². The topological polar surface area (TPSA) is 121 Å². The van der Waals surface area contributed by atoms with E-state index in [1.807, 2.05) is 30.3 Å². The van der Waals surface area contributed by atoms with Gasteiger partial charge in [-0.05, 0) is 5.56 Å². The lowest BCUT2D eigenvalue weighted by Crippen LogP contribution is -2.22. The van der Waals surface area contributed by atoms with Gasteiger partial charge in [0.2, 0.25) is 0 Å². The summed E-state index contributed by atoms with van der Waals surface area (Å²) >= 11 is 0. The predicted molar refractivity (Wildman–Crippen MR) is 69.5 cm³/mol. The number of nitrogens with two attached hydrogens (primary N) is 3. The Kier molecular flexibility index (Phi) is 3.42. The third-order valence-electron chi connectivity index (χ3n) is 2.43. The van der Waals surface area contributed by atoms with Crippen molar-refractivity contribution in [2.24, 2.45) is 16.5 Å². The fourth-order valence-corrected chi connectivity index (χ4v) is 1.51. The second-order valence-electron chi connectivity index (χ2n) is 3.81. The van der Waals surface area contributed by atoms with Gasteiger partial charge in [-0.15, -0.1) is 5.10 Å². The third kappa shape index (κ3) is 2.76. The zero-order chi connectivity index (χ0) is 13.0. The number of nitrogen functional groups attached to an aromatic ring is 1. The molecule has 1 heterocycles. The molecule has 18 heavy (non-hydrogen) atoms. The van der Waals surface area contributed by atoms with Crippen molar-refractivity contribution in [2.45, 2.75) is 13.1 Å². The Morgan fingerprint density at radius 2 is 1.94 bits per heavy atom. The van der Waals surface area contributed by atoms with Crippen molar-refractivity contribution in [1.29, 1.82) is 0 Å². The van der Waals surface area contributed by atoms with E-state index >= 15 is 0 Å². The molecule has 0 aliphatic carbocycles. The molecule has 0 fully saturated rings. The Hall–Kier alpha value is -2.57. The van der Waals surface area contributed by atoms with Gasteiger partial charge in [-0.1, -0.05) is 35.5 Å². The summed E-state index contributed by atoms with van der Waals surface area (Å²) < 4.78 is 1.62. The highest BCUT2D eigenvalue weighted by Crippen LogP contribution is 2.11. The minimum Gasteiger partial charge on any atom is -0.382 e. The van der Waals surface area contributed by atoms with Crippen LogP contribution in [0.1, 0.15) is 11.3 Å². The van der Waals surface area contributed by atoms with Gasteiger partial charge in [0.25, 0.3) is 0 Å². The van der Waals surface area contributed by atoms with Crippen LogP contribution in [0, 0.1) is 0 Å². The normalized spacial score (nSPS) is 10.2. The molecule has 2 rings (SSSR count). The smallest absolute Gasteiger partial charge is 0.186 e. The van der Waals surface area contributed by atoms with Crippen molar-refractivity contribution < 1.29 is 0 Å². The summed E-state index contributed by atoms with van der Waals surface area (Å²) in [6, 6.07) is 9.87. The number of aliphatic imine (C=N–C) groups is 1. The third-order valence-corrected chi connectivity index (χ3v) is 2.43. The van der Waals surface area contributed by atoms with Crippen LogP contribution in [0.3, 0.4) is 0 Å². The standard InChI is InChI=1S/C11H15N7/c12-10-9(6-15-11(13)14)16-17-18(10)7-8-4-2-1-3-5-8/h1-5H,6-7,12H2,(H4,13,14,15). The molecule has 7 heteroatoms. The Morgan fingerprint density at radius 3 is 2.61 bits per heavy atom. The molecule has 0 radical (unpaired) electrons. The Morgan fingerprint density at radius 1 is 1.22 bits per heavy atom. The Labute approximate surface area is 104 Å². The van der Waals surface area contributed by atoms with E-state index in [4.69, 9.17) is 17.2 Å². The zero-order valence-corrected chi connectivity index (χ0v) is 9.82. The molecule has 0 aliphatic rings. The Bertz CT molecular complexity index is 540. The van der Waals surface area contributed by atoms with E-state index in [9.17, 15) is 0 Å². The average Bonchev–Trinajstić information content (AvgIpc) is 2.70. The number of anilines is 1. The monoisotopic (exact) mass is 245 g/mol. The van der Waals surface area contributed by atoms with Gasteiger partial charge in [0.15, 0.2) is 5.96 Å². The van der Waals surface area contributed by atoms with Crippen molar-refractivity contribution in [3.8, 4) is 0 Å². The van der Waals surface area contributed by atoms with E-state index in [-0.39, 0.29) is 12.5 Å². The lowest BCUT2D eigenvalue weighted by Gasteiger charge is -2.03. The summed E-state index contributed by atoms with van der Waals surface area (Å²) in [5.41, 5.74) is 18.1. The molecule has 0 atom stereocenters. The number of rotatable bonds is 4. The van der Waals surface area contributed by atoms with Gasteiger partial charge in [0.05, 0.1) is 13.1 Å². The number of benzene rings is 1. The molecular weight excluding hydrogens is 230 g/mol. The Balaban J connectivity index is 2.13. The first-order chi connectivity index (χ1) is 8.66. The van der Waals surface area contributed by atoms with E-state index in [2.05, 4.69) is 15.3 Å². The fraction of sp³-hybridized carbons (Fsp3) is 0.182. The minimum absolute atomic E-state index is 0.00649. The number of aromatic nitrogens is 3. The maximum absolute atomic E-state index is 5.92. The molecule has 0 saturated heterocycles. The molecule has 7 nitrogen and oxygen atoms in total. The van der Waals surface area contributed by atoms with Gasteiger partial charge < -0.3 is 17.2 Å². The second-order valence-corrected chi connectivity index (χ2v) is 3.81. The van der Waals surface area contributed by atoms with Crippen LogP contribution in [0.15, 0.2) is 35.3 Å². The van der Waals surface area contributed by atoms with E-state index in [0.717, 1.165) is 5.56 Å². The van der Waals surface area contributed by atoms with Crippen LogP contribution in [0.4, 0.5) is 5.82 Å². The van der Waals surface area contributed by atoms with Crippen LogP contribution in [0.5, 0.6) is 0 Å². The van der Waals surface area contributed by atoms with Crippen molar-refractivity contribution in [3.63, 3.8) is 0 Å². The molecule has 94 valence electrons. The van der Waals surface area contributed by atoms with Crippen LogP contribution >= 0.6 is 0 Å². The first-order valence-corrected chi connectivity index (χ1v) is 5.44. The van der Waals surface area contributed by atoms with Crippen LogP contribution in [0.2, 0.25) is 0 Å². The van der Waals surface area contributed by atoms with Crippen LogP contribution < -0.4 is 17.2 Å². The summed E-state index contributed by atoms with van der Waals surface area (Å²) in [5, 5.41) is 7.93. The molecule has 1 aromatic carbocycles. The molecule has 0 aliphatic heterocycles. The highest BCUT2D eigenvalue weighted by atomic mass is 15.4. The largest absolute Gasteiger partial charge is 0.382 e. The quantitative estimate of drug-likeness (QED) is 0.503. The molecular formula is C11H15N7. The molecule has 0 spiro atoms. The van der Waals surface area contributed by atoms with Crippen LogP contribution in [-0.2, 0) is 13.1 Å². The molecule has 6 N–H and O–H groups in total. The maximum Gasteiger partial charge on any atom is 0.186 e. The molecule has 0 amide bonds. The summed E-state index contributed by atoms with van der Waals surface area (Å²) in [7, 11) is 0. The number of guanidine groups is 1.